The van der Waals surface area contributed by atoms with Crippen LogP contribution in [0.2, 0.25) is 0 Å². The number of ether oxygens (including phenoxy) is 3. The van der Waals surface area contributed by atoms with E-state index in [1.54, 1.807) is 12.1 Å². The topological polar surface area (TPSA) is 73.9 Å². The molecule has 0 bridgehead atoms. The van der Waals surface area contributed by atoms with Gasteiger partial charge in [-0.2, -0.15) is 0 Å². The molecule has 6 nitrogen and oxygen atoms in total. The lowest BCUT2D eigenvalue weighted by molar-refractivity contribution is -0.138. The molecule has 0 radical (unpaired) electrons. The molecule has 23 heavy (non-hydrogen) atoms. The Bertz CT molecular complexity index is 590. The first kappa shape index (κ1) is 16.9. The number of benzene rings is 1. The number of esters is 2. The molecule has 6 heteroatoms. The van der Waals surface area contributed by atoms with Gasteiger partial charge in [-0.1, -0.05) is 6.07 Å². The highest BCUT2D eigenvalue weighted by atomic mass is 16.5. The minimum atomic E-state index is -0.655. The van der Waals surface area contributed by atoms with Crippen LogP contribution in [0.5, 0.6) is 5.75 Å². The van der Waals surface area contributed by atoms with Crippen molar-refractivity contribution in [2.24, 2.45) is 0 Å². The largest absolute Gasteiger partial charge is 0.490 e. The fourth-order valence-corrected chi connectivity index (χ4v) is 2.43. The molecule has 0 saturated heterocycles. The lowest BCUT2D eigenvalue weighted by Gasteiger charge is -2.15. The molecular weight excluding hydrogens is 298 g/mol. The summed E-state index contributed by atoms with van der Waals surface area (Å²) in [6.45, 7) is 0. The zero-order valence-corrected chi connectivity index (χ0v) is 13.3. The second kappa shape index (κ2) is 8.22. The summed E-state index contributed by atoms with van der Waals surface area (Å²) in [5.41, 5.74) is 0.624. The van der Waals surface area contributed by atoms with Crippen molar-refractivity contribution in [1.29, 1.82) is 0 Å². The summed E-state index contributed by atoms with van der Waals surface area (Å²) >= 11 is 0. The van der Waals surface area contributed by atoms with Crippen LogP contribution in [0.15, 0.2) is 36.0 Å². The average molecular weight is 319 g/mol. The maximum Gasteiger partial charge on any atom is 0.354 e. The molecule has 0 spiro atoms. The molecule has 0 amide bonds. The first-order chi connectivity index (χ1) is 11.1. The summed E-state index contributed by atoms with van der Waals surface area (Å²) in [7, 11) is 2.48. The Balaban J connectivity index is 2.11. The van der Waals surface area contributed by atoms with Crippen LogP contribution in [-0.4, -0.2) is 32.3 Å². The van der Waals surface area contributed by atoms with E-state index in [1.807, 2.05) is 12.1 Å². The van der Waals surface area contributed by atoms with Crippen molar-refractivity contribution in [3.8, 4) is 5.75 Å². The van der Waals surface area contributed by atoms with E-state index in [9.17, 15) is 9.59 Å². The van der Waals surface area contributed by atoms with E-state index in [-0.39, 0.29) is 11.8 Å². The van der Waals surface area contributed by atoms with Gasteiger partial charge in [0.05, 0.1) is 26.4 Å². The van der Waals surface area contributed by atoms with Crippen molar-refractivity contribution < 1.29 is 23.8 Å². The Morgan fingerprint density at radius 2 is 1.91 bits per heavy atom. The predicted molar refractivity (Wildman–Crippen MR) is 85.1 cm³/mol. The monoisotopic (exact) mass is 319 g/mol. The average Bonchev–Trinajstić information content (AvgIpc) is 3.06. The number of anilines is 1. The molecule has 0 atom stereocenters. The standard InChI is InChI=1S/C17H21NO5/c1-21-16(19)11-15(17(20)22-2)18-12-6-5-9-14(10-12)23-13-7-3-4-8-13/h5-6,9-11,13,18H,3-4,7-8H2,1-2H3/b15-11+. The van der Waals surface area contributed by atoms with Crippen LogP contribution in [0.25, 0.3) is 0 Å². The molecule has 1 fully saturated rings. The Morgan fingerprint density at radius 1 is 1.17 bits per heavy atom. The fraction of sp³-hybridized carbons (Fsp3) is 0.412. The van der Waals surface area contributed by atoms with Crippen molar-refractivity contribution in [3.63, 3.8) is 0 Å². The zero-order chi connectivity index (χ0) is 16.7. The second-order valence-corrected chi connectivity index (χ2v) is 5.25. The van der Waals surface area contributed by atoms with Gasteiger partial charge in [0.2, 0.25) is 0 Å². The van der Waals surface area contributed by atoms with Crippen LogP contribution >= 0.6 is 0 Å². The van der Waals surface area contributed by atoms with Crippen molar-refractivity contribution in [3.05, 3.63) is 36.0 Å². The molecule has 0 heterocycles. The molecule has 1 saturated carbocycles. The first-order valence-corrected chi connectivity index (χ1v) is 7.54. The van der Waals surface area contributed by atoms with Crippen LogP contribution in [0.1, 0.15) is 25.7 Å². The Hall–Kier alpha value is -2.50. The van der Waals surface area contributed by atoms with Crippen LogP contribution in [0.4, 0.5) is 5.69 Å². The van der Waals surface area contributed by atoms with Crippen LogP contribution in [0, 0.1) is 0 Å². The number of carbonyl (C=O) groups is 2. The van der Waals surface area contributed by atoms with E-state index in [2.05, 4.69) is 14.8 Å². The van der Waals surface area contributed by atoms with Gasteiger partial charge in [-0.15, -0.1) is 0 Å². The Kier molecular flexibility index (Phi) is 6.02. The van der Waals surface area contributed by atoms with Gasteiger partial charge in [0, 0.05) is 11.8 Å². The molecule has 1 aromatic carbocycles. The number of methoxy groups -OCH3 is 2. The SMILES string of the molecule is COC(=O)/C=C(/Nc1cccc(OC2CCCC2)c1)C(=O)OC. The quantitative estimate of drug-likeness (QED) is 0.642. The fourth-order valence-electron chi connectivity index (χ4n) is 2.43. The molecule has 2 rings (SSSR count). The van der Waals surface area contributed by atoms with Crippen LogP contribution in [0.3, 0.4) is 0 Å². The summed E-state index contributed by atoms with van der Waals surface area (Å²) in [4.78, 5) is 23.1. The molecule has 0 unspecified atom stereocenters. The van der Waals surface area contributed by atoms with Gasteiger partial charge < -0.3 is 19.5 Å². The molecule has 124 valence electrons. The minimum absolute atomic E-state index is 0.00244. The predicted octanol–water partition coefficient (Wildman–Crippen LogP) is 2.65. The van der Waals surface area contributed by atoms with Gasteiger partial charge in [-0.25, -0.2) is 9.59 Å². The van der Waals surface area contributed by atoms with Crippen molar-refractivity contribution >= 4 is 17.6 Å². The van der Waals surface area contributed by atoms with E-state index in [0.717, 1.165) is 24.7 Å². The first-order valence-electron chi connectivity index (χ1n) is 7.54. The summed E-state index contributed by atoms with van der Waals surface area (Å²) in [6, 6.07) is 7.24. The smallest absolute Gasteiger partial charge is 0.354 e. The van der Waals surface area contributed by atoms with E-state index in [1.165, 1.54) is 27.1 Å². The van der Waals surface area contributed by atoms with Gasteiger partial charge in [0.1, 0.15) is 11.4 Å². The van der Waals surface area contributed by atoms with Gasteiger partial charge in [0.25, 0.3) is 0 Å². The number of carbonyl (C=O) groups excluding carboxylic acids is 2. The summed E-state index contributed by atoms with van der Waals surface area (Å²) < 4.78 is 15.1. The maximum absolute atomic E-state index is 11.7. The molecular formula is C17H21NO5. The van der Waals surface area contributed by atoms with Crippen LogP contribution < -0.4 is 10.1 Å². The van der Waals surface area contributed by atoms with E-state index in [4.69, 9.17) is 4.74 Å². The highest BCUT2D eigenvalue weighted by Crippen LogP contribution is 2.26. The van der Waals surface area contributed by atoms with Gasteiger partial charge in [-0.05, 0) is 37.8 Å². The minimum Gasteiger partial charge on any atom is -0.490 e. The van der Waals surface area contributed by atoms with Crippen molar-refractivity contribution in [1.82, 2.24) is 0 Å². The normalized spacial score (nSPS) is 15.1. The Labute approximate surface area is 135 Å². The van der Waals surface area contributed by atoms with Crippen molar-refractivity contribution in [2.45, 2.75) is 31.8 Å². The third kappa shape index (κ3) is 5.02. The number of hydrogen-bond donors (Lipinski definition) is 1. The third-order valence-electron chi connectivity index (χ3n) is 3.59. The Morgan fingerprint density at radius 3 is 2.57 bits per heavy atom. The summed E-state index contributed by atoms with van der Waals surface area (Å²) in [6.07, 6.45) is 5.81. The van der Waals surface area contributed by atoms with Crippen molar-refractivity contribution in [2.75, 3.05) is 19.5 Å². The van der Waals surface area contributed by atoms with Gasteiger partial charge >= 0.3 is 11.9 Å². The summed E-state index contributed by atoms with van der Waals surface area (Å²) in [5.74, 6) is -0.571. The zero-order valence-electron chi connectivity index (χ0n) is 13.3. The van der Waals surface area contributed by atoms with E-state index < -0.39 is 11.9 Å². The van der Waals surface area contributed by atoms with E-state index in [0.29, 0.717) is 5.69 Å². The third-order valence-corrected chi connectivity index (χ3v) is 3.59. The van der Waals surface area contributed by atoms with Crippen LogP contribution in [-0.2, 0) is 19.1 Å². The number of hydrogen-bond acceptors (Lipinski definition) is 6. The molecule has 0 aliphatic heterocycles. The van der Waals surface area contributed by atoms with E-state index >= 15 is 0 Å². The lowest BCUT2D eigenvalue weighted by Crippen LogP contribution is -2.15. The molecule has 1 aliphatic rings. The summed E-state index contributed by atoms with van der Waals surface area (Å²) in [5, 5.41) is 2.87. The molecule has 0 aromatic heterocycles. The second-order valence-electron chi connectivity index (χ2n) is 5.25. The molecule has 1 N–H and O–H groups in total. The lowest BCUT2D eigenvalue weighted by atomic mass is 10.2. The highest BCUT2D eigenvalue weighted by Gasteiger charge is 2.17. The van der Waals surface area contributed by atoms with Gasteiger partial charge in [-0.3, -0.25) is 0 Å². The number of nitrogens with one attached hydrogen (secondary N) is 1. The molecule has 1 aromatic rings. The molecule has 1 aliphatic carbocycles. The van der Waals surface area contributed by atoms with Gasteiger partial charge in [0.15, 0.2) is 0 Å². The highest BCUT2D eigenvalue weighted by molar-refractivity contribution is 5.98. The maximum atomic E-state index is 11.7. The number of rotatable bonds is 6.